The molecule has 4 nitrogen and oxygen atoms in total. The summed E-state index contributed by atoms with van der Waals surface area (Å²) >= 11 is 0. The number of anilines is 1. The van der Waals surface area contributed by atoms with Gasteiger partial charge in [0, 0.05) is 0 Å². The van der Waals surface area contributed by atoms with E-state index in [0.717, 1.165) is 5.56 Å². The van der Waals surface area contributed by atoms with Crippen LogP contribution in [0.1, 0.15) is 18.9 Å². The van der Waals surface area contributed by atoms with E-state index >= 15 is 0 Å². The summed E-state index contributed by atoms with van der Waals surface area (Å²) in [7, 11) is 0. The highest BCUT2D eigenvalue weighted by atomic mass is 16.5. The van der Waals surface area contributed by atoms with E-state index in [4.69, 9.17) is 10.5 Å². The third-order valence-electron chi connectivity index (χ3n) is 1.95. The molecule has 0 aliphatic rings. The van der Waals surface area contributed by atoms with Crippen molar-refractivity contribution in [2.24, 2.45) is 0 Å². The molecule has 0 saturated carbocycles. The van der Waals surface area contributed by atoms with E-state index in [2.05, 4.69) is 0 Å². The number of aromatic hydroxyl groups is 1. The van der Waals surface area contributed by atoms with Gasteiger partial charge in [0.25, 0.3) is 0 Å². The van der Waals surface area contributed by atoms with Crippen molar-refractivity contribution in [2.45, 2.75) is 13.3 Å². The Balaban J connectivity index is 2.56. The maximum absolute atomic E-state index is 11.0. The molecule has 3 N–H and O–H groups in total. The zero-order chi connectivity index (χ0) is 12.0. The Bertz CT molecular complexity index is 399. The van der Waals surface area contributed by atoms with E-state index in [-0.39, 0.29) is 18.1 Å². The minimum Gasteiger partial charge on any atom is -0.506 e. The molecule has 86 valence electrons. The molecule has 0 atom stereocenters. The SMILES string of the molecule is CCOC(=O)CC=Cc1ccc(N)c(O)c1. The number of carbonyl (C=O) groups excluding carboxylic acids is 1. The zero-order valence-electron chi connectivity index (χ0n) is 9.14. The molecule has 0 radical (unpaired) electrons. The first-order chi connectivity index (χ1) is 7.63. The number of nitrogen functional groups attached to an aromatic ring is 1. The Hall–Kier alpha value is -1.97. The van der Waals surface area contributed by atoms with Gasteiger partial charge in [-0.15, -0.1) is 0 Å². The van der Waals surface area contributed by atoms with Gasteiger partial charge >= 0.3 is 5.97 Å². The van der Waals surface area contributed by atoms with Gasteiger partial charge in [-0.25, -0.2) is 0 Å². The average Bonchev–Trinajstić information content (AvgIpc) is 2.24. The Kier molecular flexibility index (Phi) is 4.39. The number of esters is 1. The second-order valence-corrected chi connectivity index (χ2v) is 3.23. The zero-order valence-corrected chi connectivity index (χ0v) is 9.14. The first-order valence-electron chi connectivity index (χ1n) is 5.04. The van der Waals surface area contributed by atoms with Crippen LogP contribution in [-0.2, 0) is 9.53 Å². The van der Waals surface area contributed by atoms with Crippen LogP contribution in [0, 0.1) is 0 Å². The van der Waals surface area contributed by atoms with Crippen molar-refractivity contribution in [2.75, 3.05) is 12.3 Å². The molecular formula is C12H15NO3. The van der Waals surface area contributed by atoms with E-state index in [9.17, 15) is 9.90 Å². The van der Waals surface area contributed by atoms with Crippen molar-refractivity contribution >= 4 is 17.7 Å². The maximum Gasteiger partial charge on any atom is 0.309 e. The third-order valence-corrected chi connectivity index (χ3v) is 1.95. The summed E-state index contributed by atoms with van der Waals surface area (Å²) in [6.45, 7) is 2.15. The number of phenolic OH excluding ortho intramolecular Hbond substituents is 1. The molecule has 0 amide bonds. The van der Waals surface area contributed by atoms with Crippen LogP contribution < -0.4 is 5.73 Å². The summed E-state index contributed by atoms with van der Waals surface area (Å²) in [6.07, 6.45) is 3.64. The molecule has 0 aromatic heterocycles. The second-order valence-electron chi connectivity index (χ2n) is 3.23. The first-order valence-corrected chi connectivity index (χ1v) is 5.04. The van der Waals surface area contributed by atoms with Gasteiger partial charge in [-0.3, -0.25) is 4.79 Å². The lowest BCUT2D eigenvalue weighted by Gasteiger charge is -2.00. The summed E-state index contributed by atoms with van der Waals surface area (Å²) in [5.41, 5.74) is 6.58. The van der Waals surface area contributed by atoms with E-state index < -0.39 is 0 Å². The third kappa shape index (κ3) is 3.65. The van der Waals surface area contributed by atoms with E-state index in [1.165, 1.54) is 6.07 Å². The predicted octanol–water partition coefficient (Wildman–Crippen LogP) is 1.94. The van der Waals surface area contributed by atoms with Crippen LogP contribution in [-0.4, -0.2) is 17.7 Å². The van der Waals surface area contributed by atoms with Crippen LogP contribution in [0.25, 0.3) is 6.08 Å². The molecule has 0 aliphatic heterocycles. The summed E-state index contributed by atoms with van der Waals surface area (Å²) in [4.78, 5) is 11.0. The minimum atomic E-state index is -0.265. The van der Waals surface area contributed by atoms with E-state index in [1.807, 2.05) is 0 Å². The first kappa shape index (κ1) is 12.1. The molecule has 0 fully saturated rings. The fraction of sp³-hybridized carbons (Fsp3) is 0.250. The van der Waals surface area contributed by atoms with Crippen molar-refractivity contribution in [3.63, 3.8) is 0 Å². The van der Waals surface area contributed by atoms with Crippen LogP contribution in [0.5, 0.6) is 5.75 Å². The normalized spacial score (nSPS) is 10.6. The molecule has 0 bridgehead atoms. The molecule has 0 spiro atoms. The predicted molar refractivity (Wildman–Crippen MR) is 62.8 cm³/mol. The van der Waals surface area contributed by atoms with Gasteiger partial charge in [-0.05, 0) is 24.6 Å². The van der Waals surface area contributed by atoms with Crippen LogP contribution >= 0.6 is 0 Å². The number of phenols is 1. The van der Waals surface area contributed by atoms with Gasteiger partial charge in [-0.1, -0.05) is 18.2 Å². The van der Waals surface area contributed by atoms with Crippen LogP contribution in [0.3, 0.4) is 0 Å². The van der Waals surface area contributed by atoms with Gasteiger partial charge in [0.15, 0.2) is 0 Å². The fourth-order valence-electron chi connectivity index (χ4n) is 1.18. The highest BCUT2D eigenvalue weighted by Gasteiger charge is 1.98. The summed E-state index contributed by atoms with van der Waals surface area (Å²) in [5, 5.41) is 9.34. The lowest BCUT2D eigenvalue weighted by Crippen LogP contribution is -2.01. The van der Waals surface area contributed by atoms with Crippen molar-refractivity contribution in [3.8, 4) is 5.75 Å². The largest absolute Gasteiger partial charge is 0.506 e. The van der Waals surface area contributed by atoms with Gasteiger partial charge < -0.3 is 15.6 Å². The lowest BCUT2D eigenvalue weighted by atomic mass is 10.1. The standard InChI is InChI=1S/C12H15NO3/c1-2-16-12(15)5-3-4-9-6-7-10(13)11(14)8-9/h3-4,6-8,14H,2,5,13H2,1H3. The number of nitrogens with two attached hydrogens (primary N) is 1. The molecule has 0 unspecified atom stereocenters. The summed E-state index contributed by atoms with van der Waals surface area (Å²) < 4.78 is 4.76. The molecule has 0 heterocycles. The number of carbonyl (C=O) groups is 1. The summed E-state index contributed by atoms with van der Waals surface area (Å²) in [6, 6.07) is 4.91. The highest BCUT2D eigenvalue weighted by Crippen LogP contribution is 2.21. The van der Waals surface area contributed by atoms with Crippen molar-refractivity contribution in [3.05, 3.63) is 29.8 Å². The Morgan fingerprint density at radius 1 is 1.56 bits per heavy atom. The van der Waals surface area contributed by atoms with Gasteiger partial charge in [-0.2, -0.15) is 0 Å². The smallest absolute Gasteiger partial charge is 0.309 e. The quantitative estimate of drug-likeness (QED) is 0.463. The topological polar surface area (TPSA) is 72.5 Å². The molecule has 0 saturated heterocycles. The maximum atomic E-state index is 11.0. The molecule has 0 aliphatic carbocycles. The van der Waals surface area contributed by atoms with Gasteiger partial charge in [0.1, 0.15) is 5.75 Å². The molecular weight excluding hydrogens is 206 g/mol. The number of hydrogen-bond acceptors (Lipinski definition) is 4. The van der Waals surface area contributed by atoms with Crippen molar-refractivity contribution in [1.29, 1.82) is 0 Å². The second kappa shape index (κ2) is 5.80. The van der Waals surface area contributed by atoms with Gasteiger partial charge in [0.2, 0.25) is 0 Å². The molecule has 16 heavy (non-hydrogen) atoms. The lowest BCUT2D eigenvalue weighted by molar-refractivity contribution is -0.142. The highest BCUT2D eigenvalue weighted by molar-refractivity contribution is 5.73. The number of rotatable bonds is 4. The minimum absolute atomic E-state index is 0.0401. The Morgan fingerprint density at radius 2 is 2.31 bits per heavy atom. The van der Waals surface area contributed by atoms with Crippen molar-refractivity contribution in [1.82, 2.24) is 0 Å². The van der Waals surface area contributed by atoms with E-state index in [1.54, 1.807) is 31.2 Å². The number of ether oxygens (including phenoxy) is 1. The van der Waals surface area contributed by atoms with Crippen LogP contribution in [0.4, 0.5) is 5.69 Å². The molecule has 4 heteroatoms. The van der Waals surface area contributed by atoms with Crippen molar-refractivity contribution < 1.29 is 14.6 Å². The Labute approximate surface area is 94.3 Å². The Morgan fingerprint density at radius 3 is 2.94 bits per heavy atom. The van der Waals surface area contributed by atoms with Crippen LogP contribution in [0.2, 0.25) is 0 Å². The molecule has 1 aromatic rings. The molecule has 1 aromatic carbocycles. The number of hydrogen-bond donors (Lipinski definition) is 2. The fourth-order valence-corrected chi connectivity index (χ4v) is 1.18. The summed E-state index contributed by atoms with van der Waals surface area (Å²) in [5.74, 6) is -0.225. The van der Waals surface area contributed by atoms with E-state index in [0.29, 0.717) is 12.3 Å². The monoisotopic (exact) mass is 221 g/mol. The molecule has 1 rings (SSSR count). The van der Waals surface area contributed by atoms with Crippen LogP contribution in [0.15, 0.2) is 24.3 Å². The average molecular weight is 221 g/mol. The number of benzene rings is 1. The van der Waals surface area contributed by atoms with Gasteiger partial charge in [0.05, 0.1) is 18.7 Å².